The minimum atomic E-state index is 0.288. The molecular formula is C10H15BrN2. The molecule has 2 N–H and O–H groups in total. The van der Waals surface area contributed by atoms with E-state index in [4.69, 9.17) is 5.73 Å². The van der Waals surface area contributed by atoms with E-state index in [1.54, 1.807) is 0 Å². The topological polar surface area (TPSA) is 29.3 Å². The second kappa shape index (κ2) is 4.74. The zero-order valence-corrected chi connectivity index (χ0v) is 9.58. The smallest absolute Gasteiger partial charge is 0.0475 e. The van der Waals surface area contributed by atoms with Crippen molar-refractivity contribution in [3.63, 3.8) is 0 Å². The van der Waals surface area contributed by atoms with Crippen molar-refractivity contribution in [2.45, 2.75) is 6.04 Å². The average Bonchev–Trinajstić information content (AvgIpc) is 2.09. The fourth-order valence-electron chi connectivity index (χ4n) is 1.36. The fourth-order valence-corrected chi connectivity index (χ4v) is 1.91. The lowest BCUT2D eigenvalue weighted by Gasteiger charge is -2.23. The van der Waals surface area contributed by atoms with E-state index in [0.717, 1.165) is 4.47 Å². The third kappa shape index (κ3) is 2.53. The first-order valence-corrected chi connectivity index (χ1v) is 5.07. The molecule has 0 saturated heterocycles. The van der Waals surface area contributed by atoms with Gasteiger partial charge in [0, 0.05) is 17.1 Å². The van der Waals surface area contributed by atoms with Gasteiger partial charge in [-0.15, -0.1) is 0 Å². The van der Waals surface area contributed by atoms with Crippen LogP contribution < -0.4 is 5.73 Å². The molecule has 0 heterocycles. The Morgan fingerprint density at radius 2 is 2.00 bits per heavy atom. The first kappa shape index (κ1) is 10.7. The summed E-state index contributed by atoms with van der Waals surface area (Å²) in [5, 5.41) is 0. The summed E-state index contributed by atoms with van der Waals surface area (Å²) in [4.78, 5) is 2.13. The van der Waals surface area contributed by atoms with Crippen molar-refractivity contribution in [2.75, 3.05) is 20.6 Å². The highest BCUT2D eigenvalue weighted by atomic mass is 79.9. The number of halogens is 1. The normalized spacial score (nSPS) is 13.3. The maximum atomic E-state index is 5.71. The van der Waals surface area contributed by atoms with Gasteiger partial charge in [0.15, 0.2) is 0 Å². The van der Waals surface area contributed by atoms with E-state index in [1.807, 2.05) is 32.3 Å². The number of nitrogens with two attached hydrogens (primary N) is 1. The van der Waals surface area contributed by atoms with Crippen LogP contribution >= 0.6 is 15.9 Å². The second-order valence-electron chi connectivity index (χ2n) is 3.24. The molecule has 1 aromatic carbocycles. The van der Waals surface area contributed by atoms with E-state index < -0.39 is 0 Å². The minimum Gasteiger partial charge on any atom is -0.329 e. The molecule has 0 aliphatic heterocycles. The molecule has 0 bridgehead atoms. The van der Waals surface area contributed by atoms with Crippen molar-refractivity contribution in [1.82, 2.24) is 4.90 Å². The van der Waals surface area contributed by atoms with Crippen molar-refractivity contribution in [3.05, 3.63) is 34.3 Å². The lowest BCUT2D eigenvalue weighted by atomic mass is 10.1. The zero-order valence-electron chi connectivity index (χ0n) is 8.00. The lowest BCUT2D eigenvalue weighted by molar-refractivity contribution is 0.305. The minimum absolute atomic E-state index is 0.288. The largest absolute Gasteiger partial charge is 0.329 e. The van der Waals surface area contributed by atoms with E-state index in [2.05, 4.69) is 26.9 Å². The van der Waals surface area contributed by atoms with Crippen LogP contribution in [0.5, 0.6) is 0 Å². The standard InChI is InChI=1S/C10H15BrN2/c1-13(2)10(7-12)8-5-3-4-6-9(8)11/h3-6,10H,7,12H2,1-2H3/t10-/m0/s1. The number of benzene rings is 1. The summed E-state index contributed by atoms with van der Waals surface area (Å²) in [6.07, 6.45) is 0. The SMILES string of the molecule is CN(C)[C@@H](CN)c1ccccc1Br. The van der Waals surface area contributed by atoms with E-state index in [1.165, 1.54) is 5.56 Å². The summed E-state index contributed by atoms with van der Waals surface area (Å²) < 4.78 is 1.12. The molecule has 2 nitrogen and oxygen atoms in total. The monoisotopic (exact) mass is 242 g/mol. The Morgan fingerprint density at radius 3 is 2.46 bits per heavy atom. The summed E-state index contributed by atoms with van der Waals surface area (Å²) in [7, 11) is 4.08. The van der Waals surface area contributed by atoms with Crippen LogP contribution in [0.1, 0.15) is 11.6 Å². The molecule has 0 aliphatic carbocycles. The third-order valence-electron chi connectivity index (χ3n) is 2.11. The van der Waals surface area contributed by atoms with Crippen molar-refractivity contribution < 1.29 is 0 Å². The van der Waals surface area contributed by atoms with Gasteiger partial charge in [-0.25, -0.2) is 0 Å². The summed E-state index contributed by atoms with van der Waals surface area (Å²) in [5.74, 6) is 0. The number of likely N-dealkylation sites (N-methyl/N-ethyl adjacent to an activating group) is 1. The molecule has 0 spiro atoms. The maximum absolute atomic E-state index is 5.71. The second-order valence-corrected chi connectivity index (χ2v) is 4.09. The molecule has 0 fully saturated rings. The van der Waals surface area contributed by atoms with Gasteiger partial charge in [-0.2, -0.15) is 0 Å². The van der Waals surface area contributed by atoms with Gasteiger partial charge >= 0.3 is 0 Å². The predicted octanol–water partition coefficient (Wildman–Crippen LogP) is 2.01. The van der Waals surface area contributed by atoms with Gasteiger partial charge in [0.1, 0.15) is 0 Å². The van der Waals surface area contributed by atoms with Gasteiger partial charge in [-0.1, -0.05) is 34.1 Å². The van der Waals surface area contributed by atoms with E-state index in [-0.39, 0.29) is 6.04 Å². The maximum Gasteiger partial charge on any atom is 0.0475 e. The molecule has 0 aromatic heterocycles. The molecule has 3 heteroatoms. The fraction of sp³-hybridized carbons (Fsp3) is 0.400. The third-order valence-corrected chi connectivity index (χ3v) is 2.83. The van der Waals surface area contributed by atoms with Crippen molar-refractivity contribution in [2.24, 2.45) is 5.73 Å². The lowest BCUT2D eigenvalue weighted by Crippen LogP contribution is -2.27. The summed E-state index contributed by atoms with van der Waals surface area (Å²) in [6, 6.07) is 8.47. The Balaban J connectivity index is 2.97. The van der Waals surface area contributed by atoms with E-state index in [0.29, 0.717) is 6.54 Å². The quantitative estimate of drug-likeness (QED) is 0.879. The summed E-state index contributed by atoms with van der Waals surface area (Å²) >= 11 is 3.52. The molecule has 0 amide bonds. The Hall–Kier alpha value is -0.380. The molecule has 0 radical (unpaired) electrons. The van der Waals surface area contributed by atoms with Gasteiger partial charge in [-0.05, 0) is 25.7 Å². The molecule has 72 valence electrons. The predicted molar refractivity (Wildman–Crippen MR) is 59.6 cm³/mol. The van der Waals surface area contributed by atoms with Crippen molar-refractivity contribution in [1.29, 1.82) is 0 Å². The molecular weight excluding hydrogens is 228 g/mol. The van der Waals surface area contributed by atoms with Crippen LogP contribution in [0.25, 0.3) is 0 Å². The van der Waals surface area contributed by atoms with Gasteiger partial charge in [0.05, 0.1) is 0 Å². The molecule has 0 saturated carbocycles. The van der Waals surface area contributed by atoms with Gasteiger partial charge < -0.3 is 10.6 Å². The summed E-state index contributed by atoms with van der Waals surface area (Å²) in [5.41, 5.74) is 6.96. The van der Waals surface area contributed by atoms with Crippen LogP contribution in [0.15, 0.2) is 28.7 Å². The van der Waals surface area contributed by atoms with Gasteiger partial charge in [0.25, 0.3) is 0 Å². The molecule has 13 heavy (non-hydrogen) atoms. The van der Waals surface area contributed by atoms with Crippen molar-refractivity contribution >= 4 is 15.9 Å². The number of nitrogens with zero attached hydrogens (tertiary/aromatic N) is 1. The van der Waals surface area contributed by atoms with E-state index in [9.17, 15) is 0 Å². The number of hydrogen-bond donors (Lipinski definition) is 1. The highest BCUT2D eigenvalue weighted by molar-refractivity contribution is 9.10. The van der Waals surface area contributed by atoms with E-state index >= 15 is 0 Å². The van der Waals surface area contributed by atoms with Gasteiger partial charge in [-0.3, -0.25) is 0 Å². The van der Waals surface area contributed by atoms with Crippen LogP contribution in [-0.2, 0) is 0 Å². The Morgan fingerprint density at radius 1 is 1.38 bits per heavy atom. The van der Waals surface area contributed by atoms with Crippen LogP contribution in [0.2, 0.25) is 0 Å². The number of hydrogen-bond acceptors (Lipinski definition) is 2. The first-order valence-electron chi connectivity index (χ1n) is 4.27. The van der Waals surface area contributed by atoms with Crippen molar-refractivity contribution in [3.8, 4) is 0 Å². The van der Waals surface area contributed by atoms with Crippen LogP contribution in [0.4, 0.5) is 0 Å². The zero-order chi connectivity index (χ0) is 9.84. The Labute approximate surface area is 87.9 Å². The number of rotatable bonds is 3. The Kier molecular flexibility index (Phi) is 3.90. The van der Waals surface area contributed by atoms with Crippen LogP contribution in [0.3, 0.4) is 0 Å². The average molecular weight is 243 g/mol. The van der Waals surface area contributed by atoms with Gasteiger partial charge in [0.2, 0.25) is 0 Å². The highest BCUT2D eigenvalue weighted by Crippen LogP contribution is 2.25. The Bertz CT molecular complexity index is 273. The first-order chi connectivity index (χ1) is 6.16. The molecule has 1 rings (SSSR count). The molecule has 1 atom stereocenters. The van der Waals surface area contributed by atoms with Crippen LogP contribution in [-0.4, -0.2) is 25.5 Å². The molecule has 0 unspecified atom stereocenters. The highest BCUT2D eigenvalue weighted by Gasteiger charge is 2.13. The molecule has 0 aliphatic rings. The summed E-state index contributed by atoms with van der Waals surface area (Å²) in [6.45, 7) is 0.635. The van der Waals surface area contributed by atoms with Crippen LogP contribution in [0, 0.1) is 0 Å². The molecule has 1 aromatic rings.